The van der Waals surface area contributed by atoms with Gasteiger partial charge in [-0.25, -0.2) is 9.97 Å². The van der Waals surface area contributed by atoms with Gasteiger partial charge in [-0.1, -0.05) is 30.0 Å². The van der Waals surface area contributed by atoms with Crippen molar-refractivity contribution in [3.63, 3.8) is 0 Å². The minimum absolute atomic E-state index is 0.526. The molecule has 0 atom stereocenters. The Morgan fingerprint density at radius 1 is 1.09 bits per heavy atom. The first-order valence-electron chi connectivity index (χ1n) is 10.4. The van der Waals surface area contributed by atoms with Crippen molar-refractivity contribution in [3.05, 3.63) is 72.2 Å². The van der Waals surface area contributed by atoms with Gasteiger partial charge in [-0.2, -0.15) is 0 Å². The van der Waals surface area contributed by atoms with E-state index in [1.807, 2.05) is 24.3 Å². The number of benzene rings is 2. The van der Waals surface area contributed by atoms with E-state index in [4.69, 9.17) is 4.74 Å². The molecular weight excluding hydrogens is 424 g/mol. The van der Waals surface area contributed by atoms with E-state index < -0.39 is 11.7 Å². The smallest absolute Gasteiger partial charge is 0.291 e. The van der Waals surface area contributed by atoms with Crippen molar-refractivity contribution in [1.82, 2.24) is 9.97 Å². The summed E-state index contributed by atoms with van der Waals surface area (Å²) >= 11 is 1.48. The second kappa shape index (κ2) is 10.4. The van der Waals surface area contributed by atoms with Gasteiger partial charge in [-0.05, 0) is 42.0 Å². The summed E-state index contributed by atoms with van der Waals surface area (Å²) in [5, 5.41) is 3.41. The van der Waals surface area contributed by atoms with Crippen molar-refractivity contribution in [3.8, 4) is 0 Å². The number of amides is 1. The lowest BCUT2D eigenvalue weighted by molar-refractivity contribution is -0.133. The molecule has 3 aromatic rings. The van der Waals surface area contributed by atoms with Gasteiger partial charge in [0.2, 0.25) is 5.78 Å². The number of anilines is 2. The van der Waals surface area contributed by atoms with Gasteiger partial charge in [0.1, 0.15) is 10.9 Å². The fraction of sp³-hybridized carbons (Fsp3) is 0.250. The zero-order valence-corrected chi connectivity index (χ0v) is 18.6. The molecule has 0 aliphatic carbocycles. The Hall–Kier alpha value is -3.23. The highest BCUT2D eigenvalue weighted by Gasteiger charge is 2.12. The Bertz CT molecular complexity index is 1100. The van der Waals surface area contributed by atoms with Gasteiger partial charge in [0, 0.05) is 48.9 Å². The highest BCUT2D eigenvalue weighted by atomic mass is 32.2. The molecule has 0 radical (unpaired) electrons. The molecule has 4 rings (SSSR count). The predicted octanol–water partition coefficient (Wildman–Crippen LogP) is 3.58. The zero-order valence-electron chi connectivity index (χ0n) is 17.8. The van der Waals surface area contributed by atoms with E-state index in [9.17, 15) is 9.59 Å². The topological polar surface area (TPSA) is 84.4 Å². The zero-order chi connectivity index (χ0) is 22.3. The number of nitrogens with one attached hydrogen (secondary N) is 1. The summed E-state index contributed by atoms with van der Waals surface area (Å²) in [5.74, 6) is -0.409. The molecule has 1 saturated heterocycles. The molecule has 1 aliphatic rings. The van der Waals surface area contributed by atoms with Gasteiger partial charge in [0.15, 0.2) is 0 Å². The fourth-order valence-corrected chi connectivity index (χ4v) is 4.18. The van der Waals surface area contributed by atoms with Crippen LogP contribution in [0.3, 0.4) is 0 Å². The van der Waals surface area contributed by atoms with E-state index in [0.29, 0.717) is 12.1 Å². The minimum Gasteiger partial charge on any atom is -0.378 e. The molecule has 0 saturated carbocycles. The Balaban J connectivity index is 1.40. The number of carbonyl (C=O) groups is 2. The maximum atomic E-state index is 11.6. The van der Waals surface area contributed by atoms with E-state index in [2.05, 4.69) is 44.5 Å². The van der Waals surface area contributed by atoms with Crippen molar-refractivity contribution < 1.29 is 14.3 Å². The summed E-state index contributed by atoms with van der Waals surface area (Å²) in [6.45, 7) is 4.62. The SMILES string of the molecule is CC(=O)C(=O)Nc1cccc(Sc2ccnc(Cc3ccc(N4CCOCC4)cc3)n2)c1. The first kappa shape index (κ1) is 22.0. The van der Waals surface area contributed by atoms with E-state index in [0.717, 1.165) is 47.6 Å². The number of carbonyl (C=O) groups excluding carboxylic acids is 2. The molecule has 1 fully saturated rings. The van der Waals surface area contributed by atoms with Crippen LogP contribution in [-0.4, -0.2) is 48.0 Å². The van der Waals surface area contributed by atoms with Crippen LogP contribution in [0.5, 0.6) is 0 Å². The van der Waals surface area contributed by atoms with Crippen LogP contribution in [0, 0.1) is 0 Å². The van der Waals surface area contributed by atoms with E-state index in [-0.39, 0.29) is 0 Å². The Kier molecular flexibility index (Phi) is 7.14. The molecule has 1 aliphatic heterocycles. The molecule has 32 heavy (non-hydrogen) atoms. The van der Waals surface area contributed by atoms with Crippen molar-refractivity contribution in [1.29, 1.82) is 0 Å². The largest absolute Gasteiger partial charge is 0.378 e. The van der Waals surface area contributed by atoms with Crippen molar-refractivity contribution >= 4 is 34.8 Å². The lowest BCUT2D eigenvalue weighted by Crippen LogP contribution is -2.36. The Morgan fingerprint density at radius 3 is 2.62 bits per heavy atom. The molecule has 0 unspecified atom stereocenters. The first-order chi connectivity index (χ1) is 15.6. The Labute approximate surface area is 191 Å². The van der Waals surface area contributed by atoms with Crippen LogP contribution < -0.4 is 10.2 Å². The molecule has 1 N–H and O–H groups in total. The third kappa shape index (κ3) is 5.93. The molecule has 2 aromatic carbocycles. The molecule has 7 nitrogen and oxygen atoms in total. The lowest BCUT2D eigenvalue weighted by Gasteiger charge is -2.28. The number of nitrogens with zero attached hydrogens (tertiary/aromatic N) is 3. The highest BCUT2D eigenvalue weighted by molar-refractivity contribution is 7.99. The summed E-state index contributed by atoms with van der Waals surface area (Å²) in [6, 6.07) is 17.7. The van der Waals surface area contributed by atoms with Crippen LogP contribution in [0.4, 0.5) is 11.4 Å². The molecular formula is C24H24N4O3S. The van der Waals surface area contributed by atoms with E-state index >= 15 is 0 Å². The molecule has 2 heterocycles. The maximum Gasteiger partial charge on any atom is 0.291 e. The third-order valence-electron chi connectivity index (χ3n) is 4.99. The number of Topliss-reactive ketones (excluding diaryl/α,β-unsaturated/α-hetero) is 1. The first-order valence-corrected chi connectivity index (χ1v) is 11.2. The normalized spacial score (nSPS) is 13.6. The molecule has 8 heteroatoms. The standard InChI is InChI=1S/C24H24N4O3S/c1-17(29)24(30)26-19-3-2-4-21(16-19)32-23-9-10-25-22(27-23)15-18-5-7-20(8-6-18)28-11-13-31-14-12-28/h2-10,16H,11-15H2,1H3,(H,26,30). The summed E-state index contributed by atoms with van der Waals surface area (Å²) in [6.07, 6.45) is 2.40. The second-order valence-electron chi connectivity index (χ2n) is 7.39. The predicted molar refractivity (Wildman–Crippen MR) is 124 cm³/mol. The molecule has 1 amide bonds. The van der Waals surface area contributed by atoms with Gasteiger partial charge in [-0.3, -0.25) is 9.59 Å². The fourth-order valence-electron chi connectivity index (χ4n) is 3.33. The third-order valence-corrected chi connectivity index (χ3v) is 5.91. The van der Waals surface area contributed by atoms with Gasteiger partial charge in [0.25, 0.3) is 5.91 Å². The summed E-state index contributed by atoms with van der Waals surface area (Å²) in [5.41, 5.74) is 2.93. The lowest BCUT2D eigenvalue weighted by atomic mass is 10.1. The number of morpholine rings is 1. The number of hydrogen-bond donors (Lipinski definition) is 1. The molecule has 1 aromatic heterocycles. The van der Waals surface area contributed by atoms with Crippen molar-refractivity contribution in [2.24, 2.45) is 0 Å². The van der Waals surface area contributed by atoms with Gasteiger partial charge in [-0.15, -0.1) is 0 Å². The quantitative estimate of drug-likeness (QED) is 0.437. The number of aromatic nitrogens is 2. The van der Waals surface area contributed by atoms with Gasteiger partial charge < -0.3 is 15.0 Å². The average molecular weight is 449 g/mol. The molecule has 164 valence electrons. The van der Waals surface area contributed by atoms with Gasteiger partial charge >= 0.3 is 0 Å². The van der Waals surface area contributed by atoms with Crippen molar-refractivity contribution in [2.75, 3.05) is 36.5 Å². The number of hydrogen-bond acceptors (Lipinski definition) is 7. The van der Waals surface area contributed by atoms with Gasteiger partial charge in [0.05, 0.1) is 13.2 Å². The number of rotatable bonds is 7. The van der Waals surface area contributed by atoms with Crippen LogP contribution in [0.1, 0.15) is 18.3 Å². The van der Waals surface area contributed by atoms with E-state index in [1.165, 1.54) is 24.4 Å². The number of ether oxygens (including phenoxy) is 1. The number of ketones is 1. The van der Waals surface area contributed by atoms with Crippen LogP contribution >= 0.6 is 11.8 Å². The molecule has 0 spiro atoms. The average Bonchev–Trinajstić information content (AvgIpc) is 2.80. The van der Waals surface area contributed by atoms with E-state index in [1.54, 1.807) is 12.3 Å². The highest BCUT2D eigenvalue weighted by Crippen LogP contribution is 2.28. The van der Waals surface area contributed by atoms with Crippen molar-refractivity contribution in [2.45, 2.75) is 23.3 Å². The van der Waals surface area contributed by atoms with Crippen LogP contribution in [0.2, 0.25) is 0 Å². The van der Waals surface area contributed by atoms with Crippen LogP contribution in [0.25, 0.3) is 0 Å². The minimum atomic E-state index is -0.629. The summed E-state index contributed by atoms with van der Waals surface area (Å²) in [7, 11) is 0. The monoisotopic (exact) mass is 448 g/mol. The molecule has 0 bridgehead atoms. The van der Waals surface area contributed by atoms with Crippen LogP contribution in [-0.2, 0) is 20.7 Å². The Morgan fingerprint density at radius 2 is 1.88 bits per heavy atom. The summed E-state index contributed by atoms with van der Waals surface area (Å²) < 4.78 is 5.42. The second-order valence-corrected chi connectivity index (χ2v) is 8.49. The maximum absolute atomic E-state index is 11.6. The van der Waals surface area contributed by atoms with Crippen LogP contribution in [0.15, 0.2) is 70.7 Å². The summed E-state index contributed by atoms with van der Waals surface area (Å²) in [4.78, 5) is 35.1.